The predicted molar refractivity (Wildman–Crippen MR) is 97.7 cm³/mol. The van der Waals surface area contributed by atoms with E-state index in [0.717, 1.165) is 5.39 Å². The largest absolute Gasteiger partial charge is 0.450 e. The van der Waals surface area contributed by atoms with Gasteiger partial charge in [-0.05, 0) is 37.3 Å². The van der Waals surface area contributed by atoms with Crippen molar-refractivity contribution in [3.63, 3.8) is 0 Å². The maximum Gasteiger partial charge on any atom is 0.375 e. The number of nitrogens with one attached hydrogen (secondary N) is 1. The number of sulfonamides is 1. The van der Waals surface area contributed by atoms with E-state index in [1.165, 1.54) is 24.3 Å². The van der Waals surface area contributed by atoms with E-state index >= 15 is 0 Å². The first kappa shape index (κ1) is 18.6. The number of amides is 1. The topological polar surface area (TPSA) is 129 Å². The number of carbonyl (C=O) groups is 2. The summed E-state index contributed by atoms with van der Waals surface area (Å²) in [5.74, 6) is -1.29. The Morgan fingerprint density at radius 3 is 2.41 bits per heavy atom. The predicted octanol–water partition coefficient (Wildman–Crippen LogP) is 2.18. The standard InChI is InChI=1S/C18H16N2O6S/c1-11-14-4-2-3-5-15(14)26-17(11)18(22)25-10-16(21)20-12-6-8-13(9-7-12)27(19,23)24/h2-9H,10H2,1H3,(H,20,21)(H2,19,23,24). The molecule has 0 saturated heterocycles. The van der Waals surface area contributed by atoms with E-state index in [4.69, 9.17) is 14.3 Å². The molecule has 9 heteroatoms. The summed E-state index contributed by atoms with van der Waals surface area (Å²) in [6.45, 7) is 1.21. The summed E-state index contributed by atoms with van der Waals surface area (Å²) in [4.78, 5) is 24.0. The fourth-order valence-corrected chi connectivity index (χ4v) is 3.01. The second kappa shape index (κ2) is 7.22. The van der Waals surface area contributed by atoms with Gasteiger partial charge in [0.25, 0.3) is 5.91 Å². The Hall–Kier alpha value is -3.17. The van der Waals surface area contributed by atoms with Crippen molar-refractivity contribution in [1.29, 1.82) is 0 Å². The molecule has 1 heterocycles. The van der Waals surface area contributed by atoms with Crippen molar-refractivity contribution >= 4 is 38.6 Å². The zero-order chi connectivity index (χ0) is 19.6. The first-order valence-electron chi connectivity index (χ1n) is 7.83. The second-order valence-electron chi connectivity index (χ2n) is 5.75. The van der Waals surface area contributed by atoms with Crippen molar-refractivity contribution in [3.05, 3.63) is 59.9 Å². The summed E-state index contributed by atoms with van der Waals surface area (Å²) >= 11 is 0. The van der Waals surface area contributed by atoms with Crippen LogP contribution in [-0.4, -0.2) is 26.9 Å². The molecule has 0 fully saturated rings. The van der Waals surface area contributed by atoms with Gasteiger partial charge in [-0.15, -0.1) is 0 Å². The Bertz CT molecular complexity index is 1120. The molecule has 0 unspecified atom stereocenters. The molecular weight excluding hydrogens is 372 g/mol. The van der Waals surface area contributed by atoms with Crippen molar-refractivity contribution in [1.82, 2.24) is 0 Å². The third-order valence-corrected chi connectivity index (χ3v) is 4.76. The smallest absolute Gasteiger partial charge is 0.375 e. The average molecular weight is 388 g/mol. The Kier molecular flexibility index (Phi) is 4.98. The summed E-state index contributed by atoms with van der Waals surface area (Å²) in [6, 6.07) is 12.4. The van der Waals surface area contributed by atoms with Gasteiger partial charge in [0.1, 0.15) is 5.58 Å². The number of para-hydroxylation sites is 1. The summed E-state index contributed by atoms with van der Waals surface area (Å²) in [6.07, 6.45) is 0. The number of hydrogen-bond donors (Lipinski definition) is 2. The van der Waals surface area contributed by atoms with E-state index in [1.54, 1.807) is 19.1 Å². The van der Waals surface area contributed by atoms with Crippen LogP contribution in [0.25, 0.3) is 11.0 Å². The number of benzene rings is 2. The Labute approximate surface area is 155 Å². The molecule has 0 aliphatic heterocycles. The molecule has 0 saturated carbocycles. The number of furan rings is 1. The molecule has 3 rings (SSSR count). The van der Waals surface area contributed by atoms with Gasteiger partial charge in [0, 0.05) is 16.6 Å². The van der Waals surface area contributed by atoms with Crippen LogP contribution < -0.4 is 10.5 Å². The Morgan fingerprint density at radius 2 is 1.78 bits per heavy atom. The number of ether oxygens (including phenoxy) is 1. The van der Waals surface area contributed by atoms with Crippen molar-refractivity contribution in [2.24, 2.45) is 5.14 Å². The van der Waals surface area contributed by atoms with Crippen LogP contribution in [0.2, 0.25) is 0 Å². The van der Waals surface area contributed by atoms with Crippen LogP contribution in [0.4, 0.5) is 5.69 Å². The van der Waals surface area contributed by atoms with Gasteiger partial charge in [0.15, 0.2) is 6.61 Å². The molecule has 0 aliphatic carbocycles. The fraction of sp³-hybridized carbons (Fsp3) is 0.111. The highest BCUT2D eigenvalue weighted by Gasteiger charge is 2.19. The summed E-state index contributed by atoms with van der Waals surface area (Å²) in [7, 11) is -3.81. The molecule has 8 nitrogen and oxygen atoms in total. The Morgan fingerprint density at radius 1 is 1.11 bits per heavy atom. The number of primary sulfonamides is 1. The summed E-state index contributed by atoms with van der Waals surface area (Å²) < 4.78 is 32.9. The summed E-state index contributed by atoms with van der Waals surface area (Å²) in [5.41, 5.74) is 1.53. The molecule has 3 N–H and O–H groups in total. The molecule has 3 aromatic rings. The van der Waals surface area contributed by atoms with Gasteiger partial charge in [0.05, 0.1) is 4.90 Å². The number of aryl methyl sites for hydroxylation is 1. The van der Waals surface area contributed by atoms with E-state index in [9.17, 15) is 18.0 Å². The third kappa shape index (κ3) is 4.15. The minimum atomic E-state index is -3.81. The maximum atomic E-state index is 12.2. The van der Waals surface area contributed by atoms with E-state index in [-0.39, 0.29) is 10.7 Å². The van der Waals surface area contributed by atoms with Gasteiger partial charge in [-0.25, -0.2) is 18.4 Å². The molecule has 0 spiro atoms. The SMILES string of the molecule is Cc1c(C(=O)OCC(=O)Nc2ccc(S(N)(=O)=O)cc2)oc2ccccc12. The first-order valence-corrected chi connectivity index (χ1v) is 9.38. The highest BCUT2D eigenvalue weighted by atomic mass is 32.2. The number of carbonyl (C=O) groups excluding carboxylic acids is 2. The van der Waals surface area contributed by atoms with Crippen LogP contribution >= 0.6 is 0 Å². The molecule has 1 aromatic heterocycles. The Balaban J connectivity index is 1.61. The molecular formula is C18H16N2O6S. The van der Waals surface area contributed by atoms with E-state index in [0.29, 0.717) is 16.8 Å². The molecule has 0 atom stereocenters. The van der Waals surface area contributed by atoms with E-state index < -0.39 is 28.5 Å². The lowest BCUT2D eigenvalue weighted by Crippen LogP contribution is -2.21. The zero-order valence-electron chi connectivity index (χ0n) is 14.3. The summed E-state index contributed by atoms with van der Waals surface area (Å²) in [5, 5.41) is 8.28. The minimum Gasteiger partial charge on any atom is -0.450 e. The van der Waals surface area contributed by atoms with Crippen molar-refractivity contribution in [2.45, 2.75) is 11.8 Å². The van der Waals surface area contributed by atoms with E-state index in [2.05, 4.69) is 5.32 Å². The molecule has 0 aliphatic rings. The molecule has 140 valence electrons. The van der Waals surface area contributed by atoms with Gasteiger partial charge in [-0.3, -0.25) is 4.79 Å². The monoisotopic (exact) mass is 388 g/mol. The van der Waals surface area contributed by atoms with Crippen LogP contribution in [0.1, 0.15) is 16.1 Å². The van der Waals surface area contributed by atoms with Crippen molar-refractivity contribution in [2.75, 3.05) is 11.9 Å². The third-order valence-electron chi connectivity index (χ3n) is 3.83. The average Bonchev–Trinajstić information content (AvgIpc) is 2.97. The highest BCUT2D eigenvalue weighted by Crippen LogP contribution is 2.25. The fourth-order valence-electron chi connectivity index (χ4n) is 2.49. The second-order valence-corrected chi connectivity index (χ2v) is 7.31. The molecule has 2 aromatic carbocycles. The number of fused-ring (bicyclic) bond motifs is 1. The van der Waals surface area contributed by atoms with Crippen LogP contribution in [0, 0.1) is 6.92 Å². The first-order chi connectivity index (χ1) is 12.8. The van der Waals surface area contributed by atoms with E-state index in [1.807, 2.05) is 12.1 Å². The van der Waals surface area contributed by atoms with Gasteiger partial charge >= 0.3 is 5.97 Å². The van der Waals surface area contributed by atoms with Crippen LogP contribution in [0.3, 0.4) is 0 Å². The van der Waals surface area contributed by atoms with Gasteiger partial charge in [0.2, 0.25) is 15.8 Å². The number of nitrogens with two attached hydrogens (primary N) is 1. The van der Waals surface area contributed by atoms with Crippen molar-refractivity contribution < 1.29 is 27.2 Å². The van der Waals surface area contributed by atoms with Gasteiger partial charge in [-0.1, -0.05) is 18.2 Å². The van der Waals surface area contributed by atoms with Gasteiger partial charge < -0.3 is 14.5 Å². The number of anilines is 1. The molecule has 1 amide bonds. The highest BCUT2D eigenvalue weighted by molar-refractivity contribution is 7.89. The quantitative estimate of drug-likeness (QED) is 0.645. The van der Waals surface area contributed by atoms with Crippen molar-refractivity contribution in [3.8, 4) is 0 Å². The molecule has 0 radical (unpaired) electrons. The van der Waals surface area contributed by atoms with Gasteiger partial charge in [-0.2, -0.15) is 0 Å². The normalized spacial score (nSPS) is 11.3. The number of hydrogen-bond acceptors (Lipinski definition) is 6. The lowest BCUT2D eigenvalue weighted by molar-refractivity contribution is -0.119. The number of rotatable bonds is 5. The van der Waals surface area contributed by atoms with Crippen LogP contribution in [-0.2, 0) is 19.6 Å². The minimum absolute atomic E-state index is 0.0431. The maximum absolute atomic E-state index is 12.2. The lowest BCUT2D eigenvalue weighted by atomic mass is 10.1. The number of esters is 1. The zero-order valence-corrected chi connectivity index (χ0v) is 15.1. The lowest BCUT2D eigenvalue weighted by Gasteiger charge is -2.06. The van der Waals surface area contributed by atoms with Crippen LogP contribution in [0.15, 0.2) is 57.8 Å². The molecule has 27 heavy (non-hydrogen) atoms. The molecule has 0 bridgehead atoms. The van der Waals surface area contributed by atoms with Crippen LogP contribution in [0.5, 0.6) is 0 Å².